The quantitative estimate of drug-likeness (QED) is 0.207. The maximum atomic E-state index is 13.9. The molecule has 0 radical (unpaired) electrons. The fraction of sp³-hybridized carbons (Fsp3) is 0.0811. The Morgan fingerprint density at radius 3 is 2.02 bits per heavy atom. The number of rotatable bonds is 8. The number of aromatic nitrogens is 1. The molecule has 206 valence electrons. The highest BCUT2D eigenvalue weighted by Gasteiger charge is 2.24. The van der Waals surface area contributed by atoms with Crippen LogP contribution in [-0.2, 0) is 6.42 Å². The maximum Gasteiger partial charge on any atom is 0.278 e. The summed E-state index contributed by atoms with van der Waals surface area (Å²) in [5.41, 5.74) is 7.84. The van der Waals surface area contributed by atoms with Gasteiger partial charge in [0.1, 0.15) is 0 Å². The van der Waals surface area contributed by atoms with E-state index in [1.807, 2.05) is 128 Å². The molecular weight excluding hydrogens is 518 g/mol. The number of amides is 1. The first-order valence-corrected chi connectivity index (χ1v) is 13.9. The number of oxazole rings is 1. The van der Waals surface area contributed by atoms with Crippen molar-refractivity contribution in [1.82, 2.24) is 4.98 Å². The van der Waals surface area contributed by atoms with E-state index in [9.17, 15) is 4.79 Å². The molecule has 0 aliphatic carbocycles. The van der Waals surface area contributed by atoms with Crippen LogP contribution in [0.15, 0.2) is 138 Å². The second-order valence-corrected chi connectivity index (χ2v) is 10.3. The van der Waals surface area contributed by atoms with Crippen LogP contribution in [0.2, 0.25) is 0 Å². The predicted molar refractivity (Wildman–Crippen MR) is 171 cm³/mol. The first-order chi connectivity index (χ1) is 20.6. The number of carbonyl (C=O) groups excluding carboxylic acids is 1. The number of anilines is 2. The van der Waals surface area contributed by atoms with E-state index in [1.165, 1.54) is 5.56 Å². The first kappa shape index (κ1) is 26.8. The minimum atomic E-state index is -0.325. The van der Waals surface area contributed by atoms with Gasteiger partial charge in [0, 0.05) is 36.6 Å². The monoisotopic (exact) mass is 549 g/mol. The largest absolute Gasteiger partial charge is 0.435 e. The zero-order valence-corrected chi connectivity index (χ0v) is 23.6. The van der Waals surface area contributed by atoms with Gasteiger partial charge in [0.15, 0.2) is 11.5 Å². The molecule has 1 aromatic heterocycles. The Labute approximate surface area is 246 Å². The Bertz CT molecular complexity index is 1810. The van der Waals surface area contributed by atoms with Crippen LogP contribution in [0, 0.1) is 0 Å². The molecule has 0 unspecified atom stereocenters. The number of para-hydroxylation sites is 1. The van der Waals surface area contributed by atoms with Gasteiger partial charge < -0.3 is 14.6 Å². The zero-order valence-electron chi connectivity index (χ0n) is 23.6. The van der Waals surface area contributed by atoms with Crippen molar-refractivity contribution < 1.29 is 9.21 Å². The Morgan fingerprint density at radius 1 is 0.690 bits per heavy atom. The third-order valence-corrected chi connectivity index (χ3v) is 7.23. The molecule has 1 amide bonds. The summed E-state index contributed by atoms with van der Waals surface area (Å²) in [6.07, 6.45) is 0.699. The maximum absolute atomic E-state index is 13.9. The lowest BCUT2D eigenvalue weighted by Gasteiger charge is -2.13. The van der Waals surface area contributed by atoms with E-state index in [0.29, 0.717) is 18.1 Å². The SMILES string of the molecule is CN(C)c1ccc(-c2oc(-c3ccccc3-c3ccccc3)nc2C(=O)Nc2ccccc2Cc2ccccc2)cc1. The first-order valence-electron chi connectivity index (χ1n) is 13.9. The van der Waals surface area contributed by atoms with Gasteiger partial charge in [-0.1, -0.05) is 97.1 Å². The lowest BCUT2D eigenvalue weighted by Crippen LogP contribution is -2.15. The summed E-state index contributed by atoms with van der Waals surface area (Å²) < 4.78 is 6.45. The minimum absolute atomic E-state index is 0.236. The summed E-state index contributed by atoms with van der Waals surface area (Å²) in [6.45, 7) is 0. The van der Waals surface area contributed by atoms with Crippen molar-refractivity contribution >= 4 is 17.3 Å². The molecule has 0 aliphatic rings. The molecule has 0 spiro atoms. The summed E-state index contributed by atoms with van der Waals surface area (Å²) in [5, 5.41) is 3.13. The fourth-order valence-electron chi connectivity index (χ4n) is 5.03. The topological polar surface area (TPSA) is 58.4 Å². The lowest BCUT2D eigenvalue weighted by molar-refractivity contribution is 0.102. The fourth-order valence-corrected chi connectivity index (χ4v) is 5.03. The molecule has 6 aromatic rings. The Morgan fingerprint density at radius 2 is 1.31 bits per heavy atom. The van der Waals surface area contributed by atoms with E-state index in [0.717, 1.165) is 39.2 Å². The minimum Gasteiger partial charge on any atom is -0.435 e. The van der Waals surface area contributed by atoms with Crippen LogP contribution in [0.3, 0.4) is 0 Å². The van der Waals surface area contributed by atoms with Gasteiger partial charge >= 0.3 is 0 Å². The van der Waals surface area contributed by atoms with Gasteiger partial charge in [-0.3, -0.25) is 4.79 Å². The molecule has 0 bridgehead atoms. The molecule has 0 atom stereocenters. The van der Waals surface area contributed by atoms with Crippen LogP contribution >= 0.6 is 0 Å². The van der Waals surface area contributed by atoms with Crippen LogP contribution in [0.5, 0.6) is 0 Å². The molecule has 6 rings (SSSR count). The number of nitrogens with zero attached hydrogens (tertiary/aromatic N) is 2. The molecule has 42 heavy (non-hydrogen) atoms. The highest BCUT2D eigenvalue weighted by Crippen LogP contribution is 2.36. The number of nitrogens with one attached hydrogen (secondary N) is 1. The molecule has 0 saturated heterocycles. The molecule has 1 N–H and O–H groups in total. The number of hydrogen-bond donors (Lipinski definition) is 1. The Balaban J connectivity index is 1.41. The van der Waals surface area contributed by atoms with Gasteiger partial charge in [-0.2, -0.15) is 0 Å². The van der Waals surface area contributed by atoms with E-state index < -0.39 is 0 Å². The standard InChI is InChI=1S/C37H31N3O2/c1-40(2)30-23-21-28(22-24-30)35-34(36(41)38-33-20-12-9-17-29(33)25-26-13-5-3-6-14-26)39-37(42-35)32-19-11-10-18-31(32)27-15-7-4-8-16-27/h3-24H,25H2,1-2H3,(H,38,41). The van der Waals surface area contributed by atoms with Crippen LogP contribution < -0.4 is 10.2 Å². The number of carbonyl (C=O) groups is 1. The molecule has 5 heteroatoms. The normalized spacial score (nSPS) is 10.8. The average Bonchev–Trinajstić information content (AvgIpc) is 3.49. The van der Waals surface area contributed by atoms with Crippen LogP contribution in [0.1, 0.15) is 21.6 Å². The van der Waals surface area contributed by atoms with Gasteiger partial charge in [0.2, 0.25) is 5.89 Å². The van der Waals surface area contributed by atoms with Gasteiger partial charge in [-0.25, -0.2) is 4.98 Å². The van der Waals surface area contributed by atoms with E-state index in [2.05, 4.69) is 29.6 Å². The summed E-state index contributed by atoms with van der Waals surface area (Å²) in [7, 11) is 3.99. The van der Waals surface area contributed by atoms with Gasteiger partial charge in [0.05, 0.1) is 0 Å². The molecule has 5 nitrogen and oxygen atoms in total. The van der Waals surface area contributed by atoms with Crippen molar-refractivity contribution in [1.29, 1.82) is 0 Å². The van der Waals surface area contributed by atoms with Crippen LogP contribution in [0.25, 0.3) is 33.9 Å². The number of hydrogen-bond acceptors (Lipinski definition) is 4. The second kappa shape index (κ2) is 12.0. The summed E-state index contributed by atoms with van der Waals surface area (Å²) in [5.74, 6) is 0.495. The molecular formula is C37H31N3O2. The highest BCUT2D eigenvalue weighted by atomic mass is 16.4. The Kier molecular flexibility index (Phi) is 7.64. The van der Waals surface area contributed by atoms with Gasteiger partial charge in [0.25, 0.3) is 5.91 Å². The molecule has 5 aromatic carbocycles. The highest BCUT2D eigenvalue weighted by molar-refractivity contribution is 6.07. The summed E-state index contributed by atoms with van der Waals surface area (Å²) >= 11 is 0. The van der Waals surface area contributed by atoms with Crippen LogP contribution in [0.4, 0.5) is 11.4 Å². The van der Waals surface area contributed by atoms with Gasteiger partial charge in [-0.15, -0.1) is 0 Å². The number of benzene rings is 5. The zero-order chi connectivity index (χ0) is 28.9. The molecule has 0 aliphatic heterocycles. The smallest absolute Gasteiger partial charge is 0.278 e. The predicted octanol–water partition coefficient (Wildman–Crippen LogP) is 8.58. The van der Waals surface area contributed by atoms with Crippen molar-refractivity contribution in [2.24, 2.45) is 0 Å². The Hall–Kier alpha value is -5.42. The third-order valence-electron chi connectivity index (χ3n) is 7.23. The average molecular weight is 550 g/mol. The van der Waals surface area contributed by atoms with E-state index in [4.69, 9.17) is 9.40 Å². The second-order valence-electron chi connectivity index (χ2n) is 10.3. The lowest BCUT2D eigenvalue weighted by atomic mass is 10.00. The molecule has 1 heterocycles. The van der Waals surface area contributed by atoms with Crippen molar-refractivity contribution in [3.63, 3.8) is 0 Å². The molecule has 0 fully saturated rings. The van der Waals surface area contributed by atoms with E-state index in [1.54, 1.807) is 0 Å². The third kappa shape index (κ3) is 5.72. The molecule has 0 saturated carbocycles. The summed E-state index contributed by atoms with van der Waals surface area (Å²) in [4.78, 5) is 20.8. The summed E-state index contributed by atoms with van der Waals surface area (Å²) in [6, 6.07) is 44.1. The van der Waals surface area contributed by atoms with Crippen molar-refractivity contribution in [2.45, 2.75) is 6.42 Å². The van der Waals surface area contributed by atoms with E-state index in [-0.39, 0.29) is 11.6 Å². The van der Waals surface area contributed by atoms with Crippen LogP contribution in [-0.4, -0.2) is 25.0 Å². The van der Waals surface area contributed by atoms with E-state index >= 15 is 0 Å². The van der Waals surface area contributed by atoms with Crippen molar-refractivity contribution in [3.05, 3.63) is 150 Å². The van der Waals surface area contributed by atoms with Crippen molar-refractivity contribution in [3.8, 4) is 33.9 Å². The van der Waals surface area contributed by atoms with Gasteiger partial charge in [-0.05, 0) is 65.1 Å². The van der Waals surface area contributed by atoms with Crippen molar-refractivity contribution in [2.75, 3.05) is 24.3 Å².